The molecule has 0 atom stereocenters. The number of methoxy groups -OCH3 is 1. The van der Waals surface area contributed by atoms with Gasteiger partial charge in [-0.2, -0.15) is 5.26 Å². The monoisotopic (exact) mass is 178 g/mol. The van der Waals surface area contributed by atoms with E-state index in [0.29, 0.717) is 6.54 Å². The fraction of sp³-hybridized carbons (Fsp3) is 0.300. The zero-order valence-electron chi connectivity index (χ0n) is 7.95. The molecule has 0 heterocycles. The second-order valence-corrected chi connectivity index (χ2v) is 2.24. The lowest BCUT2D eigenvalue weighted by molar-refractivity contribution is 0.410. The molecule has 0 spiro atoms. The second kappa shape index (κ2) is 7.14. The van der Waals surface area contributed by atoms with Crippen molar-refractivity contribution in [1.82, 2.24) is 0 Å². The van der Waals surface area contributed by atoms with Gasteiger partial charge in [0, 0.05) is 19.0 Å². The van der Waals surface area contributed by atoms with Crippen molar-refractivity contribution < 1.29 is 4.74 Å². The highest BCUT2D eigenvalue weighted by molar-refractivity contribution is 5.32. The van der Waals surface area contributed by atoms with Gasteiger partial charge < -0.3 is 10.5 Å². The minimum Gasteiger partial charge on any atom is -0.496 e. The predicted molar refractivity (Wildman–Crippen MR) is 52.2 cm³/mol. The summed E-state index contributed by atoms with van der Waals surface area (Å²) in [4.78, 5) is 0. The van der Waals surface area contributed by atoms with Crippen LogP contribution < -0.4 is 10.5 Å². The lowest BCUT2D eigenvalue weighted by Crippen LogP contribution is -1.98. The maximum atomic E-state index is 7.32. The van der Waals surface area contributed by atoms with Crippen LogP contribution in [0.3, 0.4) is 0 Å². The molecule has 0 aromatic heterocycles. The third kappa shape index (κ3) is 4.14. The summed E-state index contributed by atoms with van der Waals surface area (Å²) >= 11 is 0. The average Bonchev–Trinajstić information content (AvgIpc) is 2.19. The number of para-hydroxylation sites is 1. The Morgan fingerprint density at radius 1 is 1.46 bits per heavy atom. The first-order valence-corrected chi connectivity index (χ1v) is 3.93. The van der Waals surface area contributed by atoms with E-state index in [1.807, 2.05) is 24.3 Å². The van der Waals surface area contributed by atoms with Crippen LogP contribution in [0.25, 0.3) is 0 Å². The van der Waals surface area contributed by atoms with Crippen molar-refractivity contribution in [2.75, 3.05) is 7.11 Å². The number of nitrogens with two attached hydrogens (primary N) is 1. The van der Waals surface area contributed by atoms with Gasteiger partial charge in [0.05, 0.1) is 13.2 Å². The Hall–Kier alpha value is -1.53. The number of rotatable bonds is 2. The molecule has 3 heteroatoms. The van der Waals surface area contributed by atoms with Crippen molar-refractivity contribution in [2.24, 2.45) is 5.73 Å². The molecule has 3 nitrogen and oxygen atoms in total. The highest BCUT2D eigenvalue weighted by Crippen LogP contribution is 2.15. The van der Waals surface area contributed by atoms with Crippen LogP contribution in [0.4, 0.5) is 0 Å². The molecule has 1 rings (SSSR count). The molecule has 0 fully saturated rings. The number of hydrogen-bond acceptors (Lipinski definition) is 3. The van der Waals surface area contributed by atoms with E-state index in [1.54, 1.807) is 13.2 Å². The summed E-state index contributed by atoms with van der Waals surface area (Å²) in [5.74, 6) is 0.866. The minimum atomic E-state index is 0.532. The van der Waals surface area contributed by atoms with Gasteiger partial charge >= 0.3 is 0 Å². The third-order valence-corrected chi connectivity index (χ3v) is 1.41. The molecule has 0 saturated heterocycles. The lowest BCUT2D eigenvalue weighted by atomic mass is 10.2. The fourth-order valence-corrected chi connectivity index (χ4v) is 0.872. The first kappa shape index (κ1) is 11.5. The van der Waals surface area contributed by atoms with Crippen LogP contribution in [0.5, 0.6) is 5.75 Å². The molecule has 0 radical (unpaired) electrons. The molecule has 0 aliphatic carbocycles. The summed E-state index contributed by atoms with van der Waals surface area (Å²) in [5.41, 5.74) is 6.49. The van der Waals surface area contributed by atoms with Crippen LogP contribution in [-0.4, -0.2) is 7.11 Å². The van der Waals surface area contributed by atoms with Crippen LogP contribution in [0, 0.1) is 11.3 Å². The number of hydrogen-bond donors (Lipinski definition) is 1. The molecular weight excluding hydrogens is 164 g/mol. The van der Waals surface area contributed by atoms with E-state index >= 15 is 0 Å². The summed E-state index contributed by atoms with van der Waals surface area (Å²) in [6, 6.07) is 9.49. The van der Waals surface area contributed by atoms with E-state index in [0.717, 1.165) is 11.3 Å². The predicted octanol–water partition coefficient (Wildman–Crippen LogP) is 1.68. The van der Waals surface area contributed by atoms with Gasteiger partial charge in [-0.15, -0.1) is 0 Å². The third-order valence-electron chi connectivity index (χ3n) is 1.41. The molecule has 1 aromatic rings. The largest absolute Gasteiger partial charge is 0.496 e. The van der Waals surface area contributed by atoms with Crippen molar-refractivity contribution in [2.45, 2.75) is 13.5 Å². The lowest BCUT2D eigenvalue weighted by Gasteiger charge is -2.03. The normalized spacial score (nSPS) is 7.85. The van der Waals surface area contributed by atoms with E-state index in [2.05, 4.69) is 0 Å². The highest BCUT2D eigenvalue weighted by Gasteiger charge is 1.95. The van der Waals surface area contributed by atoms with E-state index in [1.165, 1.54) is 6.92 Å². The second-order valence-electron chi connectivity index (χ2n) is 2.24. The number of nitrogens with zero attached hydrogens (tertiary/aromatic N) is 1. The zero-order valence-corrected chi connectivity index (χ0v) is 7.95. The van der Waals surface area contributed by atoms with Crippen LogP contribution in [0.2, 0.25) is 0 Å². The fourth-order valence-electron chi connectivity index (χ4n) is 0.872. The van der Waals surface area contributed by atoms with Crippen LogP contribution in [0.15, 0.2) is 24.3 Å². The van der Waals surface area contributed by atoms with Gasteiger partial charge in [-0.25, -0.2) is 0 Å². The van der Waals surface area contributed by atoms with Crippen molar-refractivity contribution >= 4 is 0 Å². The Kier molecular flexibility index (Phi) is 6.30. The minimum absolute atomic E-state index is 0.532. The Bertz CT molecular complexity index is 255. The molecule has 2 N–H and O–H groups in total. The maximum Gasteiger partial charge on any atom is 0.123 e. The van der Waals surface area contributed by atoms with Crippen molar-refractivity contribution in [3.63, 3.8) is 0 Å². The van der Waals surface area contributed by atoms with Gasteiger partial charge in [-0.1, -0.05) is 18.2 Å². The molecule has 0 bridgehead atoms. The van der Waals surface area contributed by atoms with E-state index in [9.17, 15) is 0 Å². The summed E-state index contributed by atoms with van der Waals surface area (Å²) in [6.07, 6.45) is 0. The van der Waals surface area contributed by atoms with Crippen LogP contribution >= 0.6 is 0 Å². The van der Waals surface area contributed by atoms with Gasteiger partial charge in [-0.3, -0.25) is 0 Å². The highest BCUT2D eigenvalue weighted by atomic mass is 16.5. The van der Waals surface area contributed by atoms with Gasteiger partial charge in [0.1, 0.15) is 5.75 Å². The van der Waals surface area contributed by atoms with Crippen LogP contribution in [0.1, 0.15) is 12.5 Å². The van der Waals surface area contributed by atoms with Gasteiger partial charge in [0.15, 0.2) is 0 Å². The average molecular weight is 178 g/mol. The number of ether oxygens (including phenoxy) is 1. The number of nitriles is 1. The Morgan fingerprint density at radius 3 is 2.38 bits per heavy atom. The van der Waals surface area contributed by atoms with Gasteiger partial charge in [0.25, 0.3) is 0 Å². The molecule has 1 aromatic carbocycles. The molecule has 0 amide bonds. The van der Waals surface area contributed by atoms with E-state index < -0.39 is 0 Å². The standard InChI is InChI=1S/C8H11NO.C2H3N/c1-10-8-5-3-2-4-7(8)6-9;1-2-3/h2-5H,6,9H2,1H3;1H3. The summed E-state index contributed by atoms with van der Waals surface area (Å²) in [5, 5.41) is 7.32. The molecule has 0 saturated carbocycles. The smallest absolute Gasteiger partial charge is 0.123 e. The van der Waals surface area contributed by atoms with Crippen molar-refractivity contribution in [3.8, 4) is 11.8 Å². The SMILES string of the molecule is CC#N.COc1ccccc1CN. The first-order chi connectivity index (χ1) is 6.29. The summed E-state index contributed by atoms with van der Waals surface area (Å²) < 4.78 is 5.06. The molecule has 13 heavy (non-hydrogen) atoms. The molecule has 0 unspecified atom stereocenters. The Morgan fingerprint density at radius 2 is 2.00 bits per heavy atom. The van der Waals surface area contributed by atoms with Gasteiger partial charge in [0.2, 0.25) is 0 Å². The quantitative estimate of drug-likeness (QED) is 0.749. The van der Waals surface area contributed by atoms with E-state index in [-0.39, 0.29) is 0 Å². The zero-order chi connectivity index (χ0) is 10.1. The summed E-state index contributed by atoms with van der Waals surface area (Å²) in [7, 11) is 1.65. The molecule has 0 aliphatic rings. The van der Waals surface area contributed by atoms with Crippen molar-refractivity contribution in [1.29, 1.82) is 5.26 Å². The maximum absolute atomic E-state index is 7.32. The molecule has 0 aliphatic heterocycles. The first-order valence-electron chi connectivity index (χ1n) is 3.93. The van der Waals surface area contributed by atoms with Crippen molar-refractivity contribution in [3.05, 3.63) is 29.8 Å². The molecular formula is C10H14N2O. The number of benzene rings is 1. The van der Waals surface area contributed by atoms with Crippen LogP contribution in [-0.2, 0) is 6.54 Å². The molecule has 70 valence electrons. The van der Waals surface area contributed by atoms with Gasteiger partial charge in [-0.05, 0) is 6.07 Å². The van der Waals surface area contributed by atoms with E-state index in [4.69, 9.17) is 15.7 Å². The summed E-state index contributed by atoms with van der Waals surface area (Å²) in [6.45, 7) is 1.96. The Balaban J connectivity index is 0.000000424. The Labute approximate surface area is 78.7 Å². The topological polar surface area (TPSA) is 59.0 Å².